The fourth-order valence-corrected chi connectivity index (χ4v) is 4.01. The Morgan fingerprint density at radius 2 is 1.48 bits per heavy atom. The van der Waals surface area contributed by atoms with Crippen LogP contribution in [0.1, 0.15) is 70.1 Å². The second kappa shape index (κ2) is 8.31. The molecule has 0 atom stereocenters. The van der Waals surface area contributed by atoms with Crippen molar-refractivity contribution in [2.75, 3.05) is 11.5 Å². The largest absolute Gasteiger partial charge is 0.454 e. The number of aromatic nitrogens is 1. The highest BCUT2D eigenvalue weighted by molar-refractivity contribution is 6.34. The monoisotopic (exact) mass is 444 g/mol. The van der Waals surface area contributed by atoms with E-state index in [4.69, 9.17) is 4.74 Å². The summed E-state index contributed by atoms with van der Waals surface area (Å²) in [5, 5.41) is 0. The highest BCUT2D eigenvalue weighted by atomic mass is 16.5. The van der Waals surface area contributed by atoms with Crippen molar-refractivity contribution in [2.24, 2.45) is 0 Å². The predicted molar refractivity (Wildman–Crippen MR) is 119 cm³/mol. The molecule has 8 nitrogen and oxygen atoms in total. The van der Waals surface area contributed by atoms with Crippen LogP contribution in [0.15, 0.2) is 48.5 Å². The first-order valence-corrected chi connectivity index (χ1v) is 10.2. The summed E-state index contributed by atoms with van der Waals surface area (Å²) in [6.07, 6.45) is 0. The summed E-state index contributed by atoms with van der Waals surface area (Å²) < 4.78 is 5.13. The van der Waals surface area contributed by atoms with Crippen LogP contribution < -0.4 is 4.90 Å². The highest BCUT2D eigenvalue weighted by Crippen LogP contribution is 2.28. The number of amides is 2. The molecule has 1 aliphatic heterocycles. The number of carbonyl (C=O) groups is 5. The number of anilines is 1. The van der Waals surface area contributed by atoms with E-state index in [2.05, 4.69) is 4.98 Å². The molecule has 2 aromatic carbocycles. The number of aryl methyl sites for hydroxylation is 1. The van der Waals surface area contributed by atoms with E-state index in [-0.39, 0.29) is 17.0 Å². The number of benzene rings is 2. The third-order valence-corrected chi connectivity index (χ3v) is 5.56. The van der Waals surface area contributed by atoms with Crippen LogP contribution in [0, 0.1) is 13.8 Å². The smallest absolute Gasteiger partial charge is 0.338 e. The number of hydrogen-bond acceptors (Lipinski definition) is 6. The number of rotatable bonds is 6. The van der Waals surface area contributed by atoms with Crippen molar-refractivity contribution < 1.29 is 28.7 Å². The minimum absolute atomic E-state index is 0.157. The van der Waals surface area contributed by atoms with E-state index < -0.39 is 30.2 Å². The van der Waals surface area contributed by atoms with Gasteiger partial charge in [-0.1, -0.05) is 12.1 Å². The number of fused-ring (bicyclic) bond motifs is 1. The number of nitrogens with one attached hydrogen (secondary N) is 1. The van der Waals surface area contributed by atoms with E-state index in [1.807, 2.05) is 0 Å². The van der Waals surface area contributed by atoms with Gasteiger partial charge in [0.05, 0.1) is 28.1 Å². The van der Waals surface area contributed by atoms with Gasteiger partial charge in [-0.3, -0.25) is 19.2 Å². The van der Waals surface area contributed by atoms with Gasteiger partial charge in [0.1, 0.15) is 0 Å². The Morgan fingerprint density at radius 1 is 0.909 bits per heavy atom. The summed E-state index contributed by atoms with van der Waals surface area (Å²) in [5.41, 5.74) is 2.92. The molecule has 0 spiro atoms. The number of Topliss-reactive ketones (excluding diaryl/α,β-unsaturated/α-hetero) is 2. The fraction of sp³-hybridized carbons (Fsp3) is 0.160. The van der Waals surface area contributed by atoms with Gasteiger partial charge in [0.2, 0.25) is 5.78 Å². The Morgan fingerprint density at radius 3 is 2.00 bits per heavy atom. The topological polar surface area (TPSA) is 114 Å². The Labute approximate surface area is 189 Å². The molecule has 0 unspecified atom stereocenters. The summed E-state index contributed by atoms with van der Waals surface area (Å²) in [6, 6.07) is 12.3. The lowest BCUT2D eigenvalue weighted by Crippen LogP contribution is -2.29. The molecule has 2 amide bonds. The standard InChI is InChI=1S/C25H20N2O6/c1-13-21(15(3)28)14(2)26-22(13)20(29)12-33-25(32)16-8-10-17(11-9-16)27-23(30)18-6-4-5-7-19(18)24(27)31/h4-11,26H,12H2,1-3H3. The fourth-order valence-electron chi connectivity index (χ4n) is 4.01. The second-order valence-electron chi connectivity index (χ2n) is 7.72. The lowest BCUT2D eigenvalue weighted by atomic mass is 10.1. The van der Waals surface area contributed by atoms with Crippen molar-refractivity contribution in [1.82, 2.24) is 4.98 Å². The van der Waals surface area contributed by atoms with E-state index in [0.29, 0.717) is 33.6 Å². The zero-order chi connectivity index (χ0) is 23.9. The predicted octanol–water partition coefficient (Wildman–Crippen LogP) is 3.67. The highest BCUT2D eigenvalue weighted by Gasteiger charge is 2.36. The van der Waals surface area contributed by atoms with Crippen LogP contribution >= 0.6 is 0 Å². The van der Waals surface area contributed by atoms with Crippen molar-refractivity contribution in [3.63, 3.8) is 0 Å². The summed E-state index contributed by atoms with van der Waals surface area (Å²) >= 11 is 0. The van der Waals surface area contributed by atoms with Crippen LogP contribution in [0.5, 0.6) is 0 Å². The number of ketones is 2. The number of nitrogens with zero attached hydrogens (tertiary/aromatic N) is 1. The number of aromatic amines is 1. The Balaban J connectivity index is 1.44. The molecule has 33 heavy (non-hydrogen) atoms. The number of H-pyrrole nitrogens is 1. The minimum Gasteiger partial charge on any atom is -0.454 e. The maximum absolute atomic E-state index is 12.6. The van der Waals surface area contributed by atoms with Crippen molar-refractivity contribution in [2.45, 2.75) is 20.8 Å². The van der Waals surface area contributed by atoms with Crippen LogP contribution in [-0.2, 0) is 4.74 Å². The van der Waals surface area contributed by atoms with Crippen LogP contribution in [0.3, 0.4) is 0 Å². The first-order valence-electron chi connectivity index (χ1n) is 10.2. The van der Waals surface area contributed by atoms with E-state index in [1.165, 1.54) is 31.2 Å². The maximum Gasteiger partial charge on any atom is 0.338 e. The molecule has 0 fully saturated rings. The molecule has 3 aromatic rings. The van der Waals surface area contributed by atoms with E-state index in [0.717, 1.165) is 4.90 Å². The van der Waals surface area contributed by atoms with Gasteiger partial charge >= 0.3 is 5.97 Å². The molecule has 1 N–H and O–H groups in total. The van der Waals surface area contributed by atoms with Gasteiger partial charge in [0.15, 0.2) is 12.4 Å². The van der Waals surface area contributed by atoms with Gasteiger partial charge in [0, 0.05) is 11.3 Å². The zero-order valence-electron chi connectivity index (χ0n) is 18.2. The molecule has 0 saturated carbocycles. The normalized spacial score (nSPS) is 12.6. The van der Waals surface area contributed by atoms with Gasteiger partial charge < -0.3 is 9.72 Å². The first-order chi connectivity index (χ1) is 15.7. The number of hydrogen-bond donors (Lipinski definition) is 1. The minimum atomic E-state index is -0.731. The van der Waals surface area contributed by atoms with Gasteiger partial charge in [0.25, 0.3) is 11.8 Å². The van der Waals surface area contributed by atoms with Gasteiger partial charge in [-0.2, -0.15) is 0 Å². The van der Waals surface area contributed by atoms with Crippen molar-refractivity contribution >= 4 is 35.0 Å². The Bertz CT molecular complexity index is 1300. The molecule has 4 rings (SSSR count). The lowest BCUT2D eigenvalue weighted by molar-refractivity contribution is 0.0473. The average Bonchev–Trinajstić information content (AvgIpc) is 3.24. The second-order valence-corrected chi connectivity index (χ2v) is 7.72. The van der Waals surface area contributed by atoms with Crippen molar-refractivity contribution in [3.8, 4) is 0 Å². The van der Waals surface area contributed by atoms with E-state index in [9.17, 15) is 24.0 Å². The lowest BCUT2D eigenvalue weighted by Gasteiger charge is -2.14. The summed E-state index contributed by atoms with van der Waals surface area (Å²) in [5.74, 6) is -2.21. The quantitative estimate of drug-likeness (QED) is 0.353. The van der Waals surface area contributed by atoms with Crippen molar-refractivity contribution in [3.05, 3.63) is 87.7 Å². The first kappa shape index (κ1) is 21.9. The molecule has 0 saturated heterocycles. The van der Waals surface area contributed by atoms with Crippen LogP contribution in [0.2, 0.25) is 0 Å². The third kappa shape index (κ3) is 3.76. The van der Waals surface area contributed by atoms with Gasteiger partial charge in [-0.05, 0) is 62.7 Å². The molecule has 1 aromatic heterocycles. The van der Waals surface area contributed by atoms with Crippen LogP contribution in [0.25, 0.3) is 0 Å². The third-order valence-electron chi connectivity index (χ3n) is 5.56. The van der Waals surface area contributed by atoms with E-state index in [1.54, 1.807) is 38.1 Å². The molecule has 1 aliphatic rings. The zero-order valence-corrected chi connectivity index (χ0v) is 18.2. The molecule has 0 radical (unpaired) electrons. The van der Waals surface area contributed by atoms with Crippen LogP contribution in [0.4, 0.5) is 5.69 Å². The molecule has 2 heterocycles. The van der Waals surface area contributed by atoms with Crippen LogP contribution in [-0.4, -0.2) is 40.9 Å². The number of ether oxygens (including phenoxy) is 1. The number of esters is 1. The Kier molecular flexibility index (Phi) is 5.51. The molecular weight excluding hydrogens is 424 g/mol. The van der Waals surface area contributed by atoms with Gasteiger partial charge in [-0.15, -0.1) is 0 Å². The molecule has 0 bridgehead atoms. The number of imide groups is 1. The van der Waals surface area contributed by atoms with Crippen molar-refractivity contribution in [1.29, 1.82) is 0 Å². The van der Waals surface area contributed by atoms with Gasteiger partial charge in [-0.25, -0.2) is 9.69 Å². The molecule has 166 valence electrons. The average molecular weight is 444 g/mol. The summed E-state index contributed by atoms with van der Waals surface area (Å²) in [6.45, 7) is 4.27. The molecule has 0 aliphatic carbocycles. The molecular formula is C25H20N2O6. The molecule has 8 heteroatoms. The van der Waals surface area contributed by atoms with E-state index >= 15 is 0 Å². The maximum atomic E-state index is 12.6. The summed E-state index contributed by atoms with van der Waals surface area (Å²) in [7, 11) is 0. The number of carbonyl (C=O) groups excluding carboxylic acids is 5. The summed E-state index contributed by atoms with van der Waals surface area (Å²) in [4.78, 5) is 65.7. The SMILES string of the molecule is CC(=O)c1c(C)[nH]c(C(=O)COC(=O)c2ccc(N3C(=O)c4ccccc4C3=O)cc2)c1C. The Hall–Kier alpha value is -4.33.